The zero-order valence-corrected chi connectivity index (χ0v) is 22.4. The van der Waals surface area contributed by atoms with Gasteiger partial charge in [-0.3, -0.25) is 9.59 Å². The van der Waals surface area contributed by atoms with Gasteiger partial charge in [-0.1, -0.05) is 13.8 Å². The van der Waals surface area contributed by atoms with Crippen molar-refractivity contribution < 1.29 is 38.4 Å². The van der Waals surface area contributed by atoms with Gasteiger partial charge in [0.1, 0.15) is 11.5 Å². The van der Waals surface area contributed by atoms with Crippen LogP contribution in [0.25, 0.3) is 5.76 Å². The maximum atomic E-state index is 13.3. The molecule has 9 nitrogen and oxygen atoms in total. The summed E-state index contributed by atoms with van der Waals surface area (Å²) in [6.07, 6.45) is 0. The number of nitrogens with zero attached hydrogens (tertiary/aromatic N) is 1. The van der Waals surface area contributed by atoms with E-state index < -0.39 is 17.7 Å². The lowest BCUT2D eigenvalue weighted by atomic mass is 9.94. The van der Waals surface area contributed by atoms with Crippen LogP contribution in [0.15, 0.2) is 35.9 Å². The minimum absolute atomic E-state index is 0.0365. The predicted molar refractivity (Wildman–Crippen MR) is 138 cm³/mol. The summed E-state index contributed by atoms with van der Waals surface area (Å²) in [5.74, 6) is 0.330. The zero-order valence-electron chi connectivity index (χ0n) is 22.4. The van der Waals surface area contributed by atoms with E-state index in [1.807, 2.05) is 6.92 Å². The molecule has 37 heavy (non-hydrogen) atoms. The third-order valence-corrected chi connectivity index (χ3v) is 6.10. The summed E-state index contributed by atoms with van der Waals surface area (Å²) < 4.78 is 27.4. The third-order valence-electron chi connectivity index (χ3n) is 6.10. The Balaban J connectivity index is 2.18. The maximum Gasteiger partial charge on any atom is 0.295 e. The first kappa shape index (κ1) is 27.9. The van der Waals surface area contributed by atoms with E-state index >= 15 is 0 Å². The molecule has 0 radical (unpaired) electrons. The number of amides is 1. The van der Waals surface area contributed by atoms with E-state index in [1.165, 1.54) is 33.3 Å². The van der Waals surface area contributed by atoms with Crippen LogP contribution in [0.5, 0.6) is 23.0 Å². The van der Waals surface area contributed by atoms with Crippen LogP contribution in [0.3, 0.4) is 0 Å². The van der Waals surface area contributed by atoms with Crippen LogP contribution in [-0.2, 0) is 14.3 Å². The monoisotopic (exact) mass is 513 g/mol. The average molecular weight is 514 g/mol. The van der Waals surface area contributed by atoms with Gasteiger partial charge in [0.2, 0.25) is 5.75 Å². The first-order chi connectivity index (χ1) is 17.7. The Morgan fingerprint density at radius 2 is 1.62 bits per heavy atom. The highest BCUT2D eigenvalue weighted by Crippen LogP contribution is 2.45. The molecule has 200 valence electrons. The second kappa shape index (κ2) is 12.0. The molecular weight excluding hydrogens is 478 g/mol. The van der Waals surface area contributed by atoms with Crippen LogP contribution < -0.4 is 18.9 Å². The highest BCUT2D eigenvalue weighted by atomic mass is 16.5. The molecule has 0 spiro atoms. The number of aryl methyl sites for hydroxylation is 1. The maximum absolute atomic E-state index is 13.3. The summed E-state index contributed by atoms with van der Waals surface area (Å²) >= 11 is 0. The largest absolute Gasteiger partial charge is 0.507 e. The van der Waals surface area contributed by atoms with Gasteiger partial charge in [-0.25, -0.2) is 0 Å². The van der Waals surface area contributed by atoms with Gasteiger partial charge in [0.05, 0.1) is 46.2 Å². The summed E-state index contributed by atoms with van der Waals surface area (Å²) in [5.41, 5.74) is 1.67. The molecule has 0 aromatic heterocycles. The van der Waals surface area contributed by atoms with Crippen LogP contribution in [0.1, 0.15) is 36.6 Å². The molecular formula is C28H35NO8. The molecule has 1 atom stereocenters. The molecule has 0 saturated carbocycles. The molecule has 2 aromatic rings. The zero-order chi connectivity index (χ0) is 27.3. The summed E-state index contributed by atoms with van der Waals surface area (Å²) in [5, 5.41) is 11.4. The van der Waals surface area contributed by atoms with Crippen LogP contribution in [0.2, 0.25) is 0 Å². The summed E-state index contributed by atoms with van der Waals surface area (Å²) in [4.78, 5) is 27.8. The molecule has 0 bridgehead atoms. The van der Waals surface area contributed by atoms with Crippen molar-refractivity contribution in [2.24, 2.45) is 5.92 Å². The van der Waals surface area contributed by atoms with Gasteiger partial charge >= 0.3 is 0 Å². The molecule has 2 aromatic carbocycles. The molecule has 1 heterocycles. The van der Waals surface area contributed by atoms with Gasteiger partial charge in [0.15, 0.2) is 11.5 Å². The van der Waals surface area contributed by atoms with Crippen LogP contribution in [0.4, 0.5) is 0 Å². The molecule has 0 aliphatic carbocycles. The predicted octanol–water partition coefficient (Wildman–Crippen LogP) is 4.12. The lowest BCUT2D eigenvalue weighted by molar-refractivity contribution is -0.140. The summed E-state index contributed by atoms with van der Waals surface area (Å²) in [6.45, 7) is 6.87. The second-order valence-electron chi connectivity index (χ2n) is 9.13. The fourth-order valence-electron chi connectivity index (χ4n) is 4.28. The topological polar surface area (TPSA) is 104 Å². The average Bonchev–Trinajstić information content (AvgIpc) is 3.14. The summed E-state index contributed by atoms with van der Waals surface area (Å²) in [7, 11) is 5.96. The summed E-state index contributed by atoms with van der Waals surface area (Å²) in [6, 6.07) is 7.59. The molecule has 1 aliphatic heterocycles. The number of likely N-dealkylation sites (tertiary alicyclic amines) is 1. The number of methoxy groups -OCH3 is 4. The lowest BCUT2D eigenvalue weighted by Crippen LogP contribution is -2.32. The first-order valence-electron chi connectivity index (χ1n) is 12.0. The molecule has 1 fully saturated rings. The minimum atomic E-state index is -0.902. The van der Waals surface area contributed by atoms with E-state index in [2.05, 4.69) is 13.8 Å². The highest BCUT2D eigenvalue weighted by molar-refractivity contribution is 6.46. The van der Waals surface area contributed by atoms with E-state index in [0.29, 0.717) is 46.6 Å². The van der Waals surface area contributed by atoms with Crippen molar-refractivity contribution in [1.29, 1.82) is 0 Å². The number of benzene rings is 2. The number of Topliss-reactive ketones (excluding diaryl/α,β-unsaturated/α-hetero) is 1. The standard InChI is InChI=1S/C28H35NO8/c1-16(2)15-37-20-9-8-18(12-17(20)3)25(30)23-24(29(10-11-33-4)28(32)26(23)31)19-13-21(34-5)27(36-7)22(14-19)35-6/h8-9,12-14,16,24,30H,10-11,15H2,1-7H3/b25-23+. The van der Waals surface area contributed by atoms with Gasteiger partial charge in [-0.05, 0) is 54.3 Å². The molecule has 1 N–H and O–H groups in total. The number of aliphatic hydroxyl groups is 1. The van der Waals surface area contributed by atoms with Crippen LogP contribution in [0, 0.1) is 12.8 Å². The number of rotatable bonds is 11. The lowest BCUT2D eigenvalue weighted by Gasteiger charge is -2.26. The molecule has 1 amide bonds. The van der Waals surface area contributed by atoms with Crippen LogP contribution in [-0.4, -0.2) is 69.9 Å². The van der Waals surface area contributed by atoms with Crippen molar-refractivity contribution in [3.8, 4) is 23.0 Å². The minimum Gasteiger partial charge on any atom is -0.507 e. The highest BCUT2D eigenvalue weighted by Gasteiger charge is 2.46. The van der Waals surface area contributed by atoms with Gasteiger partial charge in [-0.15, -0.1) is 0 Å². The molecule has 1 unspecified atom stereocenters. The van der Waals surface area contributed by atoms with E-state index in [9.17, 15) is 14.7 Å². The number of aliphatic hydroxyl groups excluding tert-OH is 1. The molecule has 1 aliphatic rings. The Kier molecular flexibility index (Phi) is 9.04. The number of hydrogen-bond donors (Lipinski definition) is 1. The van der Waals surface area contributed by atoms with Crippen molar-refractivity contribution in [1.82, 2.24) is 4.90 Å². The van der Waals surface area contributed by atoms with Crippen molar-refractivity contribution in [3.63, 3.8) is 0 Å². The number of hydrogen-bond acceptors (Lipinski definition) is 8. The van der Waals surface area contributed by atoms with E-state index in [1.54, 1.807) is 30.3 Å². The van der Waals surface area contributed by atoms with Gasteiger partial charge in [-0.2, -0.15) is 0 Å². The van der Waals surface area contributed by atoms with Gasteiger partial charge in [0, 0.05) is 19.2 Å². The number of carbonyl (C=O) groups is 2. The number of carbonyl (C=O) groups excluding carboxylic acids is 2. The van der Waals surface area contributed by atoms with Crippen molar-refractivity contribution in [2.75, 3.05) is 48.2 Å². The number of ether oxygens (including phenoxy) is 5. The normalized spacial score (nSPS) is 16.9. The quantitative estimate of drug-likeness (QED) is 0.272. The van der Waals surface area contributed by atoms with E-state index in [4.69, 9.17) is 23.7 Å². The van der Waals surface area contributed by atoms with Crippen molar-refractivity contribution in [3.05, 3.63) is 52.6 Å². The molecule has 3 rings (SSSR count). The SMILES string of the molecule is COCCN1C(=O)C(=O)/C(=C(/O)c2ccc(OCC(C)C)c(C)c2)C1c1cc(OC)c(OC)c(OC)c1. The van der Waals surface area contributed by atoms with Gasteiger partial charge < -0.3 is 33.7 Å². The Morgan fingerprint density at radius 1 is 0.973 bits per heavy atom. The Morgan fingerprint density at radius 3 is 2.14 bits per heavy atom. The fourth-order valence-corrected chi connectivity index (χ4v) is 4.28. The van der Waals surface area contributed by atoms with E-state index in [0.717, 1.165) is 5.56 Å². The van der Waals surface area contributed by atoms with E-state index in [-0.39, 0.29) is 24.5 Å². The first-order valence-corrected chi connectivity index (χ1v) is 12.0. The Bertz CT molecular complexity index is 1160. The molecule has 1 saturated heterocycles. The second-order valence-corrected chi connectivity index (χ2v) is 9.13. The van der Waals surface area contributed by atoms with Crippen molar-refractivity contribution in [2.45, 2.75) is 26.8 Å². The molecule has 9 heteroatoms. The third kappa shape index (κ3) is 5.67. The fraction of sp³-hybridized carbons (Fsp3) is 0.429. The smallest absolute Gasteiger partial charge is 0.295 e. The Hall–Kier alpha value is -3.72. The van der Waals surface area contributed by atoms with Gasteiger partial charge in [0.25, 0.3) is 11.7 Å². The number of ketones is 1. The Labute approximate surface area is 217 Å². The van der Waals surface area contributed by atoms with Crippen molar-refractivity contribution >= 4 is 17.4 Å². The van der Waals surface area contributed by atoms with Crippen LogP contribution >= 0.6 is 0 Å².